The van der Waals surface area contributed by atoms with Crippen molar-refractivity contribution in [3.05, 3.63) is 0 Å². The molecule has 0 aromatic carbocycles. The van der Waals surface area contributed by atoms with Crippen LogP contribution in [-0.4, -0.2) is 60.9 Å². The molecule has 0 spiro atoms. The highest BCUT2D eigenvalue weighted by atomic mass is 16.5. The Balaban J connectivity index is 2.21. The third-order valence-corrected chi connectivity index (χ3v) is 4.51. The normalized spacial score (nSPS) is 20.3. The fourth-order valence-corrected chi connectivity index (χ4v) is 2.85. The van der Waals surface area contributed by atoms with E-state index in [1.807, 2.05) is 0 Å². The van der Waals surface area contributed by atoms with Crippen molar-refractivity contribution < 1.29 is 14.6 Å². The van der Waals surface area contributed by atoms with Gasteiger partial charge in [-0.1, -0.05) is 6.92 Å². The lowest BCUT2D eigenvalue weighted by Gasteiger charge is -2.31. The zero-order valence-corrected chi connectivity index (χ0v) is 13.9. The maximum Gasteiger partial charge on any atom is 0.323 e. The summed E-state index contributed by atoms with van der Waals surface area (Å²) in [5.41, 5.74) is -0.779. The fraction of sp³-hybridized carbons (Fsp3) is 0.938. The van der Waals surface area contributed by atoms with E-state index in [1.165, 1.54) is 0 Å². The number of piperidine rings is 1. The average Bonchev–Trinajstić information content (AvgIpc) is 2.50. The van der Waals surface area contributed by atoms with Crippen LogP contribution in [0.1, 0.15) is 52.4 Å². The molecule has 1 atom stereocenters. The van der Waals surface area contributed by atoms with Gasteiger partial charge in [0.05, 0.1) is 6.10 Å². The van der Waals surface area contributed by atoms with Crippen LogP contribution >= 0.6 is 0 Å². The van der Waals surface area contributed by atoms with Crippen LogP contribution in [0.2, 0.25) is 0 Å². The lowest BCUT2D eigenvalue weighted by atomic mass is 9.94. The van der Waals surface area contributed by atoms with Crippen LogP contribution in [-0.2, 0) is 9.53 Å². The molecule has 1 aliphatic rings. The van der Waals surface area contributed by atoms with Crippen molar-refractivity contribution in [2.45, 2.75) is 64.0 Å². The van der Waals surface area contributed by atoms with E-state index in [0.29, 0.717) is 12.5 Å². The number of likely N-dealkylation sites (tertiary alicyclic amines) is 1. The number of ether oxygens (including phenoxy) is 1. The molecule has 0 saturated carbocycles. The molecular weight excluding hydrogens is 268 g/mol. The Morgan fingerprint density at radius 1 is 1.38 bits per heavy atom. The second-order valence-electron chi connectivity index (χ2n) is 6.30. The molecule has 5 nitrogen and oxygen atoms in total. The topological polar surface area (TPSA) is 61.8 Å². The largest absolute Gasteiger partial charge is 0.480 e. The predicted molar refractivity (Wildman–Crippen MR) is 84.7 cm³/mol. The van der Waals surface area contributed by atoms with Crippen molar-refractivity contribution in [2.75, 3.05) is 33.3 Å². The van der Waals surface area contributed by atoms with Crippen molar-refractivity contribution in [3.8, 4) is 0 Å². The molecule has 0 aromatic rings. The van der Waals surface area contributed by atoms with Gasteiger partial charge in [0.25, 0.3) is 0 Å². The highest BCUT2D eigenvalue weighted by molar-refractivity contribution is 5.78. The van der Waals surface area contributed by atoms with E-state index in [1.54, 1.807) is 14.0 Å². The number of unbranched alkanes of at least 4 members (excludes halogenated alkanes) is 1. The monoisotopic (exact) mass is 300 g/mol. The number of carboxylic acid groups (broad SMARTS) is 1. The lowest BCUT2D eigenvalue weighted by Crippen LogP contribution is -2.49. The molecule has 21 heavy (non-hydrogen) atoms. The molecule has 5 heteroatoms. The van der Waals surface area contributed by atoms with Crippen molar-refractivity contribution in [3.63, 3.8) is 0 Å². The summed E-state index contributed by atoms with van der Waals surface area (Å²) in [6.07, 6.45) is 6.31. The molecule has 0 bridgehead atoms. The van der Waals surface area contributed by atoms with Crippen LogP contribution in [0.15, 0.2) is 0 Å². The van der Waals surface area contributed by atoms with Crippen molar-refractivity contribution in [2.24, 2.45) is 0 Å². The van der Waals surface area contributed by atoms with Gasteiger partial charge >= 0.3 is 5.97 Å². The van der Waals surface area contributed by atoms with Crippen LogP contribution in [0.3, 0.4) is 0 Å². The van der Waals surface area contributed by atoms with Crippen LogP contribution < -0.4 is 5.32 Å². The van der Waals surface area contributed by atoms with Gasteiger partial charge < -0.3 is 20.1 Å². The fourth-order valence-electron chi connectivity index (χ4n) is 2.85. The number of carbonyl (C=O) groups is 1. The molecule has 1 rings (SSSR count). The van der Waals surface area contributed by atoms with E-state index in [2.05, 4.69) is 17.1 Å². The molecule has 0 amide bonds. The quantitative estimate of drug-likeness (QED) is 0.605. The summed E-state index contributed by atoms with van der Waals surface area (Å²) in [6, 6.07) is 0. The van der Waals surface area contributed by atoms with Crippen LogP contribution in [0.4, 0.5) is 0 Å². The Labute approximate surface area is 129 Å². The summed E-state index contributed by atoms with van der Waals surface area (Å²) < 4.78 is 5.37. The van der Waals surface area contributed by atoms with Crippen LogP contribution in [0.5, 0.6) is 0 Å². The van der Waals surface area contributed by atoms with Gasteiger partial charge in [0, 0.05) is 20.2 Å². The molecule has 1 fully saturated rings. The Morgan fingerprint density at radius 2 is 2.05 bits per heavy atom. The number of carboxylic acids is 1. The van der Waals surface area contributed by atoms with Crippen molar-refractivity contribution >= 4 is 5.97 Å². The first-order valence-electron chi connectivity index (χ1n) is 8.25. The summed E-state index contributed by atoms with van der Waals surface area (Å²) in [5, 5.41) is 12.5. The standard InChI is InChI=1S/C16H32N2O3/c1-4-10-17-16(2,15(19)20)9-5-6-11-18-12-7-14(21-3)8-13-18/h14,17H,4-13H2,1-3H3,(H,19,20). The van der Waals surface area contributed by atoms with Crippen LogP contribution in [0.25, 0.3) is 0 Å². The minimum Gasteiger partial charge on any atom is -0.480 e. The van der Waals surface area contributed by atoms with E-state index >= 15 is 0 Å². The Morgan fingerprint density at radius 3 is 2.57 bits per heavy atom. The molecule has 2 N–H and O–H groups in total. The van der Waals surface area contributed by atoms with E-state index in [-0.39, 0.29) is 0 Å². The van der Waals surface area contributed by atoms with Crippen LogP contribution in [0, 0.1) is 0 Å². The molecule has 1 saturated heterocycles. The van der Waals surface area contributed by atoms with E-state index in [9.17, 15) is 9.90 Å². The summed E-state index contributed by atoms with van der Waals surface area (Å²) in [5.74, 6) is -0.739. The molecule has 1 heterocycles. The third kappa shape index (κ3) is 6.32. The van der Waals surface area contributed by atoms with Gasteiger partial charge in [0.2, 0.25) is 0 Å². The minimum absolute atomic E-state index is 0.426. The highest BCUT2D eigenvalue weighted by Gasteiger charge is 2.31. The van der Waals surface area contributed by atoms with Crippen molar-refractivity contribution in [1.29, 1.82) is 0 Å². The number of hydrogen-bond acceptors (Lipinski definition) is 4. The second kappa shape index (κ2) is 9.38. The molecule has 0 aromatic heterocycles. The molecule has 1 aliphatic heterocycles. The maximum atomic E-state index is 11.4. The minimum atomic E-state index is -0.779. The number of methoxy groups -OCH3 is 1. The van der Waals surface area contributed by atoms with E-state index < -0.39 is 11.5 Å². The summed E-state index contributed by atoms with van der Waals surface area (Å²) in [6.45, 7) is 7.88. The van der Waals surface area contributed by atoms with E-state index in [4.69, 9.17) is 4.74 Å². The van der Waals surface area contributed by atoms with Gasteiger partial charge in [-0.15, -0.1) is 0 Å². The van der Waals surface area contributed by atoms with Crippen molar-refractivity contribution in [1.82, 2.24) is 10.2 Å². The Hall–Kier alpha value is -0.650. The smallest absolute Gasteiger partial charge is 0.323 e. The first-order chi connectivity index (χ1) is 10.0. The maximum absolute atomic E-state index is 11.4. The first kappa shape index (κ1) is 18.4. The summed E-state index contributed by atoms with van der Waals surface area (Å²) in [4.78, 5) is 13.9. The number of nitrogens with zero attached hydrogens (tertiary/aromatic N) is 1. The molecule has 124 valence electrons. The Kier molecular flexibility index (Phi) is 8.22. The van der Waals surface area contributed by atoms with Gasteiger partial charge in [-0.2, -0.15) is 0 Å². The molecule has 1 unspecified atom stereocenters. The molecule has 0 radical (unpaired) electrons. The van der Waals surface area contributed by atoms with E-state index in [0.717, 1.165) is 58.3 Å². The lowest BCUT2D eigenvalue weighted by molar-refractivity contribution is -0.144. The zero-order valence-electron chi connectivity index (χ0n) is 13.9. The van der Waals surface area contributed by atoms with Gasteiger partial charge in [-0.25, -0.2) is 0 Å². The number of nitrogens with one attached hydrogen (secondary N) is 1. The molecule has 0 aliphatic carbocycles. The number of aliphatic carboxylic acids is 1. The third-order valence-electron chi connectivity index (χ3n) is 4.51. The number of hydrogen-bond donors (Lipinski definition) is 2. The van der Waals surface area contributed by atoms with Gasteiger partial charge in [0.1, 0.15) is 5.54 Å². The van der Waals surface area contributed by atoms with Gasteiger partial charge in [-0.05, 0) is 58.5 Å². The molecular formula is C16H32N2O3. The average molecular weight is 300 g/mol. The second-order valence-corrected chi connectivity index (χ2v) is 6.30. The zero-order chi connectivity index (χ0) is 15.7. The summed E-state index contributed by atoms with van der Waals surface area (Å²) >= 11 is 0. The Bertz CT molecular complexity index is 304. The van der Waals surface area contributed by atoms with Gasteiger partial charge in [0.15, 0.2) is 0 Å². The first-order valence-corrected chi connectivity index (χ1v) is 8.25. The number of rotatable bonds is 10. The predicted octanol–water partition coefficient (Wildman–Crippen LogP) is 2.11. The SMILES string of the molecule is CCCNC(C)(CCCCN1CCC(OC)CC1)C(=O)O. The van der Waals surface area contributed by atoms with Gasteiger partial charge in [-0.3, -0.25) is 4.79 Å². The summed E-state index contributed by atoms with van der Waals surface area (Å²) in [7, 11) is 1.79. The highest BCUT2D eigenvalue weighted by Crippen LogP contribution is 2.17.